The van der Waals surface area contributed by atoms with Crippen molar-refractivity contribution in [1.82, 2.24) is 15.1 Å². The molecule has 3 aromatic carbocycles. The molecule has 0 aliphatic carbocycles. The van der Waals surface area contributed by atoms with E-state index in [1.165, 1.54) is 5.39 Å². The van der Waals surface area contributed by atoms with Crippen LogP contribution in [0, 0.1) is 0 Å². The summed E-state index contributed by atoms with van der Waals surface area (Å²) in [6.07, 6.45) is 0. The van der Waals surface area contributed by atoms with Gasteiger partial charge in [0.1, 0.15) is 5.75 Å². The monoisotopic (exact) mass is 492 g/mol. The van der Waals surface area contributed by atoms with Crippen molar-refractivity contribution in [3.8, 4) is 17.0 Å². The van der Waals surface area contributed by atoms with E-state index < -0.39 is 0 Å². The van der Waals surface area contributed by atoms with Gasteiger partial charge in [0.25, 0.3) is 5.91 Å². The Morgan fingerprint density at radius 2 is 1.68 bits per heavy atom. The van der Waals surface area contributed by atoms with Crippen LogP contribution in [0.3, 0.4) is 0 Å². The molecule has 4 aromatic rings. The number of amides is 1. The number of halogens is 2. The molecule has 1 saturated heterocycles. The maximum absolute atomic E-state index is 12.6. The maximum Gasteiger partial charge on any atom is 0.260 e. The number of hydrogen-bond donors (Lipinski definition) is 0. The van der Waals surface area contributed by atoms with Crippen LogP contribution < -0.4 is 9.64 Å². The Morgan fingerprint density at radius 1 is 0.882 bits per heavy atom. The van der Waals surface area contributed by atoms with E-state index in [4.69, 9.17) is 27.9 Å². The number of ether oxygens (including phenoxy) is 1. The van der Waals surface area contributed by atoms with Gasteiger partial charge in [-0.1, -0.05) is 65.7 Å². The molecule has 1 amide bonds. The average Bonchev–Trinajstić information content (AvgIpc) is 2.89. The van der Waals surface area contributed by atoms with E-state index in [1.54, 1.807) is 23.1 Å². The second-order valence-electron chi connectivity index (χ2n) is 8.03. The van der Waals surface area contributed by atoms with Gasteiger partial charge in [0.15, 0.2) is 12.4 Å². The third-order valence-corrected chi connectivity index (χ3v) is 6.46. The van der Waals surface area contributed by atoms with Gasteiger partial charge in [0.2, 0.25) is 0 Å². The topological polar surface area (TPSA) is 58.6 Å². The number of anilines is 1. The third kappa shape index (κ3) is 4.79. The largest absolute Gasteiger partial charge is 0.482 e. The second kappa shape index (κ2) is 9.87. The summed E-state index contributed by atoms with van der Waals surface area (Å²) in [5, 5.41) is 12.2. The molecule has 1 aliphatic heterocycles. The lowest BCUT2D eigenvalue weighted by atomic mass is 10.0. The average molecular weight is 493 g/mol. The van der Waals surface area contributed by atoms with Crippen molar-refractivity contribution in [3.63, 3.8) is 0 Å². The van der Waals surface area contributed by atoms with Crippen LogP contribution in [0.1, 0.15) is 0 Å². The summed E-state index contributed by atoms with van der Waals surface area (Å²) in [4.78, 5) is 16.5. The van der Waals surface area contributed by atoms with E-state index in [9.17, 15) is 4.79 Å². The number of hydrogen-bond acceptors (Lipinski definition) is 5. The van der Waals surface area contributed by atoms with Crippen LogP contribution >= 0.6 is 23.2 Å². The number of piperazine rings is 1. The zero-order valence-electron chi connectivity index (χ0n) is 18.3. The van der Waals surface area contributed by atoms with Crippen LogP contribution in [0.15, 0.2) is 72.8 Å². The summed E-state index contributed by atoms with van der Waals surface area (Å²) >= 11 is 12.1. The van der Waals surface area contributed by atoms with Crippen molar-refractivity contribution in [2.75, 3.05) is 37.7 Å². The van der Waals surface area contributed by atoms with E-state index in [-0.39, 0.29) is 12.5 Å². The Labute approximate surface area is 207 Å². The van der Waals surface area contributed by atoms with E-state index in [0.29, 0.717) is 42.0 Å². The van der Waals surface area contributed by atoms with Crippen molar-refractivity contribution in [2.24, 2.45) is 0 Å². The molecule has 0 spiro atoms. The fourth-order valence-corrected chi connectivity index (χ4v) is 4.42. The number of rotatable bonds is 5. The van der Waals surface area contributed by atoms with Crippen molar-refractivity contribution in [2.45, 2.75) is 0 Å². The molecule has 0 atom stereocenters. The van der Waals surface area contributed by atoms with Gasteiger partial charge in [-0.2, -0.15) is 0 Å². The summed E-state index contributed by atoms with van der Waals surface area (Å²) in [5.74, 6) is 1.12. The number of nitrogens with zero attached hydrogens (tertiary/aromatic N) is 4. The summed E-state index contributed by atoms with van der Waals surface area (Å²) in [6, 6.07) is 23.4. The first-order chi connectivity index (χ1) is 16.6. The van der Waals surface area contributed by atoms with Crippen molar-refractivity contribution >= 4 is 45.7 Å². The molecule has 0 saturated carbocycles. The quantitative estimate of drug-likeness (QED) is 0.376. The number of fused-ring (bicyclic) bond motifs is 1. The molecular formula is C26H22Cl2N4O2. The SMILES string of the molecule is O=C(COc1cc(Cl)ccc1Cl)N1CCN(c2ccc(-c3cccc4ccccc34)nn2)CC1. The van der Waals surface area contributed by atoms with Gasteiger partial charge in [-0.3, -0.25) is 4.79 Å². The Bertz CT molecular complexity index is 1320. The van der Waals surface area contributed by atoms with Gasteiger partial charge in [-0.15, -0.1) is 10.2 Å². The molecule has 172 valence electrons. The minimum Gasteiger partial charge on any atom is -0.482 e. The number of carbonyl (C=O) groups excluding carboxylic acids is 1. The lowest BCUT2D eigenvalue weighted by molar-refractivity contribution is -0.133. The molecular weight excluding hydrogens is 471 g/mol. The molecule has 1 aliphatic rings. The number of carbonyl (C=O) groups is 1. The molecule has 6 nitrogen and oxygen atoms in total. The van der Waals surface area contributed by atoms with E-state index >= 15 is 0 Å². The molecule has 5 rings (SSSR count). The highest BCUT2D eigenvalue weighted by atomic mass is 35.5. The molecule has 1 fully saturated rings. The lowest BCUT2D eigenvalue weighted by Gasteiger charge is -2.35. The Kier molecular flexibility index (Phi) is 6.52. The van der Waals surface area contributed by atoms with Crippen LogP contribution in [0.2, 0.25) is 10.0 Å². The van der Waals surface area contributed by atoms with E-state index in [0.717, 1.165) is 22.5 Å². The van der Waals surface area contributed by atoms with Crippen LogP contribution in [0.25, 0.3) is 22.0 Å². The van der Waals surface area contributed by atoms with Crippen molar-refractivity contribution < 1.29 is 9.53 Å². The predicted octanol–water partition coefficient (Wildman–Crippen LogP) is 5.33. The lowest BCUT2D eigenvalue weighted by Crippen LogP contribution is -2.50. The first-order valence-corrected chi connectivity index (χ1v) is 11.8. The second-order valence-corrected chi connectivity index (χ2v) is 8.88. The summed E-state index contributed by atoms with van der Waals surface area (Å²) in [5.41, 5.74) is 1.90. The van der Waals surface area contributed by atoms with Crippen LogP contribution in [-0.2, 0) is 4.79 Å². The van der Waals surface area contributed by atoms with Gasteiger partial charge in [0, 0.05) is 42.8 Å². The zero-order valence-corrected chi connectivity index (χ0v) is 19.8. The molecule has 8 heteroatoms. The van der Waals surface area contributed by atoms with Gasteiger partial charge < -0.3 is 14.5 Å². The fourth-order valence-electron chi connectivity index (χ4n) is 4.09. The highest BCUT2D eigenvalue weighted by Gasteiger charge is 2.23. The van der Waals surface area contributed by atoms with Crippen molar-refractivity contribution in [3.05, 3.63) is 82.8 Å². The summed E-state index contributed by atoms with van der Waals surface area (Å²) in [7, 11) is 0. The third-order valence-electron chi connectivity index (χ3n) is 5.92. The molecule has 34 heavy (non-hydrogen) atoms. The number of aromatic nitrogens is 2. The van der Waals surface area contributed by atoms with Crippen LogP contribution in [-0.4, -0.2) is 53.8 Å². The highest BCUT2D eigenvalue weighted by molar-refractivity contribution is 6.34. The zero-order chi connectivity index (χ0) is 23.5. The highest BCUT2D eigenvalue weighted by Crippen LogP contribution is 2.29. The minimum atomic E-state index is -0.0897. The normalized spacial score (nSPS) is 13.8. The fraction of sp³-hybridized carbons (Fsp3) is 0.192. The predicted molar refractivity (Wildman–Crippen MR) is 136 cm³/mol. The van der Waals surface area contributed by atoms with Crippen molar-refractivity contribution in [1.29, 1.82) is 0 Å². The van der Waals surface area contributed by atoms with Gasteiger partial charge in [-0.25, -0.2) is 0 Å². The Hall–Kier alpha value is -3.35. The number of benzene rings is 3. The first kappa shape index (κ1) is 22.4. The first-order valence-electron chi connectivity index (χ1n) is 11.0. The summed E-state index contributed by atoms with van der Waals surface area (Å²) in [6.45, 7) is 2.42. The standard InChI is InChI=1S/C26H22Cl2N4O2/c27-19-8-9-22(28)24(16-19)34-17-26(33)32-14-12-31(13-15-32)25-11-10-23(29-30-25)21-7-3-5-18-4-1-2-6-20(18)21/h1-11,16H,12-15,17H2. The molecule has 0 bridgehead atoms. The molecule has 0 N–H and O–H groups in total. The minimum absolute atomic E-state index is 0.0837. The Balaban J connectivity index is 1.19. The summed E-state index contributed by atoms with van der Waals surface area (Å²) < 4.78 is 5.59. The van der Waals surface area contributed by atoms with E-state index in [1.807, 2.05) is 30.3 Å². The molecule has 0 radical (unpaired) electrons. The smallest absolute Gasteiger partial charge is 0.260 e. The van der Waals surface area contributed by atoms with Crippen LogP contribution in [0.4, 0.5) is 5.82 Å². The Morgan fingerprint density at radius 3 is 2.47 bits per heavy atom. The molecule has 1 aromatic heterocycles. The molecule has 0 unspecified atom stereocenters. The van der Waals surface area contributed by atoms with E-state index in [2.05, 4.69) is 39.4 Å². The maximum atomic E-state index is 12.6. The van der Waals surface area contributed by atoms with Gasteiger partial charge in [-0.05, 0) is 35.0 Å². The molecule has 2 heterocycles. The van der Waals surface area contributed by atoms with Gasteiger partial charge >= 0.3 is 0 Å². The van der Waals surface area contributed by atoms with Gasteiger partial charge in [0.05, 0.1) is 10.7 Å². The van der Waals surface area contributed by atoms with Crippen LogP contribution in [0.5, 0.6) is 5.75 Å².